The highest BCUT2D eigenvalue weighted by atomic mass is 19.4. The van der Waals surface area contributed by atoms with Crippen LogP contribution in [0.25, 0.3) is 0 Å². The van der Waals surface area contributed by atoms with Crippen LogP contribution < -0.4 is 5.32 Å². The van der Waals surface area contributed by atoms with Gasteiger partial charge in [-0.05, 0) is 36.5 Å². The first-order valence-electron chi connectivity index (χ1n) is 11.4. The van der Waals surface area contributed by atoms with E-state index in [9.17, 15) is 32.3 Å². The number of anilines is 1. The Morgan fingerprint density at radius 1 is 0.972 bits per heavy atom. The molecule has 10 heteroatoms. The molecule has 2 fully saturated rings. The average Bonchev–Trinajstić information content (AvgIpc) is 3.53. The van der Waals surface area contributed by atoms with Gasteiger partial charge >= 0.3 is 12.1 Å². The van der Waals surface area contributed by atoms with E-state index in [-0.39, 0.29) is 23.1 Å². The zero-order valence-corrected chi connectivity index (χ0v) is 18.8. The van der Waals surface area contributed by atoms with Gasteiger partial charge in [0.15, 0.2) is 0 Å². The van der Waals surface area contributed by atoms with Crippen LogP contribution in [0.5, 0.6) is 0 Å². The number of halogens is 3. The summed E-state index contributed by atoms with van der Waals surface area (Å²) >= 11 is 0. The van der Waals surface area contributed by atoms with E-state index in [0.29, 0.717) is 0 Å². The average molecular weight is 498 g/mol. The van der Waals surface area contributed by atoms with Crippen molar-refractivity contribution in [1.29, 1.82) is 0 Å². The van der Waals surface area contributed by atoms with Crippen molar-refractivity contribution in [3.63, 3.8) is 0 Å². The summed E-state index contributed by atoms with van der Waals surface area (Å²) in [7, 11) is 0. The number of fused-ring (bicyclic) bond motifs is 5. The third-order valence-electron chi connectivity index (χ3n) is 6.90. The number of carbonyl (C=O) groups is 4. The predicted molar refractivity (Wildman–Crippen MR) is 120 cm³/mol. The van der Waals surface area contributed by atoms with Crippen LogP contribution in [0.15, 0.2) is 66.7 Å². The van der Waals surface area contributed by atoms with Gasteiger partial charge in [-0.25, -0.2) is 0 Å². The minimum absolute atomic E-state index is 0.0206. The second kappa shape index (κ2) is 8.92. The minimum atomic E-state index is -4.60. The molecule has 186 valence electrons. The van der Waals surface area contributed by atoms with E-state index in [0.717, 1.165) is 29.5 Å². The number of alkyl halides is 3. The molecule has 2 aliphatic carbocycles. The number of allylic oxidation sites excluding steroid dienone is 2. The van der Waals surface area contributed by atoms with Gasteiger partial charge in [-0.3, -0.25) is 24.1 Å². The monoisotopic (exact) mass is 498 g/mol. The number of benzene rings is 2. The number of nitrogens with zero attached hydrogens (tertiary/aromatic N) is 1. The van der Waals surface area contributed by atoms with E-state index in [1.54, 1.807) is 18.2 Å². The maximum absolute atomic E-state index is 13.0. The van der Waals surface area contributed by atoms with Gasteiger partial charge in [0, 0.05) is 11.3 Å². The highest BCUT2D eigenvalue weighted by Crippen LogP contribution is 2.52. The number of ether oxygens (including phenoxy) is 1. The zero-order valence-electron chi connectivity index (χ0n) is 18.8. The Hall–Kier alpha value is -3.95. The number of hydrogen-bond donors (Lipinski definition) is 1. The molecule has 7 nitrogen and oxygen atoms in total. The molecular formula is C26H21F3N2O5. The number of rotatable bonds is 6. The lowest BCUT2D eigenvalue weighted by atomic mass is 9.85. The molecule has 3 aliphatic rings. The van der Waals surface area contributed by atoms with E-state index < -0.39 is 59.9 Å². The topological polar surface area (TPSA) is 92.8 Å². The normalized spacial score (nSPS) is 25.1. The summed E-state index contributed by atoms with van der Waals surface area (Å²) < 4.78 is 44.5. The van der Waals surface area contributed by atoms with E-state index >= 15 is 0 Å². The quantitative estimate of drug-likeness (QED) is 0.372. The van der Waals surface area contributed by atoms with Crippen molar-refractivity contribution in [2.45, 2.75) is 18.7 Å². The van der Waals surface area contributed by atoms with Gasteiger partial charge in [-0.2, -0.15) is 13.2 Å². The van der Waals surface area contributed by atoms with Crippen molar-refractivity contribution in [2.24, 2.45) is 23.7 Å². The fraction of sp³-hybridized carbons (Fsp3) is 0.308. The first-order valence-corrected chi connectivity index (χ1v) is 11.4. The molecule has 36 heavy (non-hydrogen) atoms. The highest BCUT2D eigenvalue weighted by molar-refractivity contribution is 6.08. The number of esters is 1. The summed E-state index contributed by atoms with van der Waals surface area (Å²) in [5.41, 5.74) is -0.811. The van der Waals surface area contributed by atoms with Gasteiger partial charge in [0.2, 0.25) is 17.9 Å². The number of likely N-dealkylation sites (tertiary alicyclic amines) is 1. The van der Waals surface area contributed by atoms with Gasteiger partial charge in [0.25, 0.3) is 5.91 Å². The van der Waals surface area contributed by atoms with Gasteiger partial charge in [-0.15, -0.1) is 0 Å². The Morgan fingerprint density at radius 2 is 1.61 bits per heavy atom. The summed E-state index contributed by atoms with van der Waals surface area (Å²) in [5, 5.41) is 2.35. The van der Waals surface area contributed by atoms with Gasteiger partial charge in [-0.1, -0.05) is 48.6 Å². The zero-order chi connectivity index (χ0) is 25.6. The number of carbonyl (C=O) groups excluding carboxylic acids is 4. The van der Waals surface area contributed by atoms with Crippen LogP contribution >= 0.6 is 0 Å². The number of nitrogens with one attached hydrogen (secondary N) is 1. The first-order chi connectivity index (χ1) is 17.1. The minimum Gasteiger partial charge on any atom is -0.446 e. The first kappa shape index (κ1) is 23.8. The Bertz CT molecular complexity index is 1230. The number of hydrogen-bond acceptors (Lipinski definition) is 5. The lowest BCUT2D eigenvalue weighted by Gasteiger charge is -2.21. The third kappa shape index (κ3) is 4.27. The van der Waals surface area contributed by atoms with Crippen molar-refractivity contribution >= 4 is 29.4 Å². The van der Waals surface area contributed by atoms with E-state index in [1.807, 2.05) is 12.2 Å². The molecule has 0 unspecified atom stereocenters. The van der Waals surface area contributed by atoms with Gasteiger partial charge < -0.3 is 10.1 Å². The molecule has 1 heterocycles. The van der Waals surface area contributed by atoms with Crippen molar-refractivity contribution in [3.05, 3.63) is 77.9 Å². The lowest BCUT2D eigenvalue weighted by molar-refractivity contribution is -0.159. The molecule has 1 saturated heterocycles. The standard InChI is InChI=1S/C26H21F3N2O5/c27-26(28,29)17-7-4-8-18(12-17)30-23(33)22(14-5-2-1-3-6-14)36-19(32)13-31-24(34)20-15-9-10-16(11-15)21(20)25(31)35/h1-10,12,15-16,20-22H,11,13H2,(H,30,33)/t15-,16-,20-,21+,22-/m0/s1. The molecule has 2 aromatic rings. The molecule has 0 spiro atoms. The molecule has 1 N–H and O–H groups in total. The molecule has 2 aromatic carbocycles. The van der Waals surface area contributed by atoms with Crippen LogP contribution in [-0.4, -0.2) is 35.1 Å². The molecule has 1 saturated carbocycles. The molecule has 0 aromatic heterocycles. The third-order valence-corrected chi connectivity index (χ3v) is 6.90. The Balaban J connectivity index is 1.31. The van der Waals surface area contributed by atoms with Crippen LogP contribution in [-0.2, 0) is 30.1 Å². The second-order valence-electron chi connectivity index (χ2n) is 9.11. The van der Waals surface area contributed by atoms with Crippen molar-refractivity contribution < 1.29 is 37.1 Å². The van der Waals surface area contributed by atoms with Crippen LogP contribution in [0.4, 0.5) is 18.9 Å². The second-order valence-corrected chi connectivity index (χ2v) is 9.11. The van der Waals surface area contributed by atoms with Gasteiger partial charge in [0.1, 0.15) is 6.54 Å². The fourth-order valence-corrected chi connectivity index (χ4v) is 5.30. The number of amides is 3. The number of imide groups is 1. The lowest BCUT2D eigenvalue weighted by Crippen LogP contribution is -2.39. The smallest absolute Gasteiger partial charge is 0.416 e. The Labute approximate surface area is 203 Å². The Morgan fingerprint density at radius 3 is 2.22 bits per heavy atom. The van der Waals surface area contributed by atoms with E-state index in [1.165, 1.54) is 18.2 Å². The summed E-state index contributed by atoms with van der Waals surface area (Å²) in [6, 6.07) is 12.0. The molecule has 1 aliphatic heterocycles. The molecular weight excluding hydrogens is 477 g/mol. The van der Waals surface area contributed by atoms with Gasteiger partial charge in [0.05, 0.1) is 17.4 Å². The molecule has 5 atom stereocenters. The maximum Gasteiger partial charge on any atom is 0.416 e. The van der Waals surface area contributed by atoms with E-state index in [4.69, 9.17) is 4.74 Å². The SMILES string of the molecule is O=C(CN1C(=O)[C@@H]2[C@H](C1=O)[C@H]1C=C[C@H]2C1)O[C@H](C(=O)Nc1cccc(C(F)(F)F)c1)c1ccccc1. The molecule has 0 radical (unpaired) electrons. The fourth-order valence-electron chi connectivity index (χ4n) is 5.30. The summed E-state index contributed by atoms with van der Waals surface area (Å²) in [5.74, 6) is -3.71. The predicted octanol–water partition coefficient (Wildman–Crippen LogP) is 3.74. The Kier molecular flexibility index (Phi) is 5.89. The van der Waals surface area contributed by atoms with Crippen molar-refractivity contribution in [1.82, 2.24) is 4.90 Å². The van der Waals surface area contributed by atoms with Crippen LogP contribution in [0.3, 0.4) is 0 Å². The maximum atomic E-state index is 13.0. The summed E-state index contributed by atoms with van der Waals surface area (Å²) in [6.45, 7) is -0.649. The summed E-state index contributed by atoms with van der Waals surface area (Å²) in [4.78, 5) is 52.4. The molecule has 2 bridgehead atoms. The molecule has 5 rings (SSSR count). The van der Waals surface area contributed by atoms with E-state index in [2.05, 4.69) is 5.32 Å². The largest absolute Gasteiger partial charge is 0.446 e. The van der Waals surface area contributed by atoms with Crippen LogP contribution in [0.2, 0.25) is 0 Å². The van der Waals surface area contributed by atoms with Crippen molar-refractivity contribution in [3.8, 4) is 0 Å². The van der Waals surface area contributed by atoms with Crippen LogP contribution in [0.1, 0.15) is 23.7 Å². The molecule has 3 amide bonds. The van der Waals surface area contributed by atoms with Crippen LogP contribution in [0, 0.1) is 23.7 Å². The van der Waals surface area contributed by atoms with Crippen molar-refractivity contribution in [2.75, 3.05) is 11.9 Å². The summed E-state index contributed by atoms with van der Waals surface area (Å²) in [6.07, 6.45) is -1.51. The highest BCUT2D eigenvalue weighted by Gasteiger charge is 2.59.